The van der Waals surface area contributed by atoms with Crippen molar-refractivity contribution in [3.8, 4) is 0 Å². The van der Waals surface area contributed by atoms with E-state index in [9.17, 15) is 19.1 Å². The van der Waals surface area contributed by atoms with Crippen LogP contribution in [0.1, 0.15) is 25.5 Å². The Morgan fingerprint density at radius 2 is 2.22 bits per heavy atom. The first-order valence-electron chi connectivity index (χ1n) is 6.89. The molecule has 0 aliphatic carbocycles. The summed E-state index contributed by atoms with van der Waals surface area (Å²) in [7, 11) is 0. The number of nitrogens with zero attached hydrogens (tertiary/aromatic N) is 2. The summed E-state index contributed by atoms with van der Waals surface area (Å²) < 4.78 is 14.5. The normalized spacial score (nSPS) is 24.5. The number of carbonyl (C=O) groups is 2. The molecule has 1 aromatic rings. The van der Waals surface area contributed by atoms with Gasteiger partial charge in [0.05, 0.1) is 14.7 Å². The average Bonchev–Trinajstić information content (AvgIpc) is 2.43. The molecule has 2 heterocycles. The highest BCUT2D eigenvalue weighted by Gasteiger charge is 2.46. The fourth-order valence-electron chi connectivity index (χ4n) is 3.00. The summed E-state index contributed by atoms with van der Waals surface area (Å²) in [6.45, 7) is 1.73. The first kappa shape index (κ1) is 18.2. The van der Waals surface area contributed by atoms with E-state index < -0.39 is 29.3 Å². The summed E-state index contributed by atoms with van der Waals surface area (Å²) >= 11 is 7.62. The lowest BCUT2D eigenvalue weighted by Crippen LogP contribution is -2.51. The lowest BCUT2D eigenvalue weighted by atomic mass is 9.72. The first-order valence-corrected chi connectivity index (χ1v) is 8.35. The van der Waals surface area contributed by atoms with Gasteiger partial charge in [-0.1, -0.05) is 11.6 Å². The minimum absolute atomic E-state index is 0.000255. The number of carboxylic acid groups (broad SMARTS) is 2. The molecule has 126 valence electrons. The molecule has 2 N–H and O–H groups in total. The van der Waals surface area contributed by atoms with Gasteiger partial charge >= 0.3 is 12.1 Å². The molecule has 0 aromatic carbocycles. The zero-order chi connectivity index (χ0) is 17.4. The average molecular weight is 457 g/mol. The molecule has 6 nitrogen and oxygen atoms in total. The number of halogens is 3. The van der Waals surface area contributed by atoms with Crippen LogP contribution in [0.25, 0.3) is 0 Å². The molecule has 2 unspecified atom stereocenters. The third kappa shape index (κ3) is 3.68. The van der Waals surface area contributed by atoms with Crippen molar-refractivity contribution in [2.45, 2.75) is 32.2 Å². The molecule has 2 rings (SSSR count). The highest BCUT2D eigenvalue weighted by molar-refractivity contribution is 14.1. The number of hydrogen-bond donors (Lipinski definition) is 2. The van der Waals surface area contributed by atoms with Gasteiger partial charge in [-0.05, 0) is 48.4 Å². The van der Waals surface area contributed by atoms with Gasteiger partial charge < -0.3 is 15.1 Å². The molecule has 0 radical (unpaired) electrons. The van der Waals surface area contributed by atoms with E-state index in [1.807, 2.05) is 0 Å². The van der Waals surface area contributed by atoms with Gasteiger partial charge in [0.1, 0.15) is 5.15 Å². The van der Waals surface area contributed by atoms with Crippen LogP contribution in [0.2, 0.25) is 5.15 Å². The van der Waals surface area contributed by atoms with Crippen LogP contribution in [0, 0.1) is 14.8 Å². The molecular formula is C14H15ClFIN2O4. The van der Waals surface area contributed by atoms with Crippen LogP contribution in [0.5, 0.6) is 0 Å². The number of carboxylic acids is 1. The van der Waals surface area contributed by atoms with Crippen LogP contribution in [0.3, 0.4) is 0 Å². The topological polar surface area (TPSA) is 90.7 Å². The van der Waals surface area contributed by atoms with Gasteiger partial charge in [0, 0.05) is 19.0 Å². The summed E-state index contributed by atoms with van der Waals surface area (Å²) in [6.07, 6.45) is -1.01. The third-order valence-corrected chi connectivity index (χ3v) is 5.18. The molecule has 1 fully saturated rings. The van der Waals surface area contributed by atoms with Gasteiger partial charge in [-0.3, -0.25) is 4.79 Å². The van der Waals surface area contributed by atoms with Crippen LogP contribution in [0.15, 0.2) is 6.07 Å². The highest BCUT2D eigenvalue weighted by atomic mass is 127. The zero-order valence-corrected chi connectivity index (χ0v) is 15.1. The Morgan fingerprint density at radius 3 is 2.74 bits per heavy atom. The zero-order valence-electron chi connectivity index (χ0n) is 12.2. The standard InChI is InChI=1S/C14H15ClFIN2O4/c1-7-5-14(12(20)21,2-3-19(7)13(22)23)6-9-11(16)8(17)4-10(15)18-9/h4,7H,2-3,5-6H2,1H3,(H,20,21)(H,22,23). The molecule has 1 aromatic heterocycles. The van der Waals surface area contributed by atoms with Gasteiger partial charge in [0.2, 0.25) is 0 Å². The van der Waals surface area contributed by atoms with E-state index >= 15 is 0 Å². The quantitative estimate of drug-likeness (QED) is 0.538. The van der Waals surface area contributed by atoms with Gasteiger partial charge in [0.15, 0.2) is 5.82 Å². The second-order valence-corrected chi connectivity index (χ2v) is 7.28. The summed E-state index contributed by atoms with van der Waals surface area (Å²) in [5.41, 5.74) is -1.26. The Hall–Kier alpha value is -1.16. The molecule has 0 saturated carbocycles. The number of pyridine rings is 1. The van der Waals surface area contributed by atoms with E-state index in [0.29, 0.717) is 0 Å². The van der Waals surface area contributed by atoms with Crippen molar-refractivity contribution in [2.24, 2.45) is 5.41 Å². The van der Waals surface area contributed by atoms with Gasteiger partial charge in [-0.2, -0.15) is 0 Å². The molecule has 0 bridgehead atoms. The minimum Gasteiger partial charge on any atom is -0.481 e. The Labute approximate surface area is 150 Å². The second kappa shape index (κ2) is 6.76. The van der Waals surface area contributed by atoms with Crippen LogP contribution in [0.4, 0.5) is 9.18 Å². The molecule has 2 atom stereocenters. The summed E-state index contributed by atoms with van der Waals surface area (Å²) in [6, 6.07) is 0.892. The van der Waals surface area contributed by atoms with E-state index in [-0.39, 0.29) is 40.2 Å². The lowest BCUT2D eigenvalue weighted by molar-refractivity contribution is -0.153. The molecule has 1 aliphatic rings. The molecule has 1 saturated heterocycles. The number of likely N-dealkylation sites (tertiary alicyclic amines) is 1. The van der Waals surface area contributed by atoms with E-state index in [0.717, 1.165) is 0 Å². The molecule has 23 heavy (non-hydrogen) atoms. The van der Waals surface area contributed by atoms with Gasteiger partial charge in [-0.15, -0.1) is 0 Å². The number of hydrogen-bond acceptors (Lipinski definition) is 3. The summed E-state index contributed by atoms with van der Waals surface area (Å²) in [5, 5.41) is 18.9. The Bertz CT molecular complexity index is 660. The van der Waals surface area contributed by atoms with Crippen molar-refractivity contribution in [1.82, 2.24) is 9.88 Å². The van der Waals surface area contributed by atoms with Crippen molar-refractivity contribution in [3.05, 3.63) is 26.3 Å². The fourth-order valence-corrected chi connectivity index (χ4v) is 4.00. The third-order valence-electron chi connectivity index (χ3n) is 4.21. The van der Waals surface area contributed by atoms with Crippen molar-refractivity contribution >= 4 is 46.3 Å². The van der Waals surface area contributed by atoms with Crippen molar-refractivity contribution in [2.75, 3.05) is 6.54 Å². The first-order chi connectivity index (χ1) is 10.7. The Morgan fingerprint density at radius 1 is 1.57 bits per heavy atom. The summed E-state index contributed by atoms with van der Waals surface area (Å²) in [5.74, 6) is -1.66. The number of rotatable bonds is 3. The van der Waals surface area contributed by atoms with Crippen LogP contribution in [-0.4, -0.2) is 44.7 Å². The number of aromatic nitrogens is 1. The highest BCUT2D eigenvalue weighted by Crippen LogP contribution is 2.39. The molecular weight excluding hydrogens is 442 g/mol. The monoisotopic (exact) mass is 456 g/mol. The number of piperidine rings is 1. The molecule has 1 aliphatic heterocycles. The van der Waals surface area contributed by atoms with E-state index in [1.54, 1.807) is 29.5 Å². The summed E-state index contributed by atoms with van der Waals surface area (Å²) in [4.78, 5) is 28.1. The van der Waals surface area contributed by atoms with Gasteiger partial charge in [-0.25, -0.2) is 14.2 Å². The second-order valence-electron chi connectivity index (χ2n) is 5.73. The van der Waals surface area contributed by atoms with E-state index in [4.69, 9.17) is 16.7 Å². The van der Waals surface area contributed by atoms with Crippen LogP contribution < -0.4 is 0 Å². The Balaban J connectivity index is 2.34. The maximum absolute atomic E-state index is 14.2. The maximum atomic E-state index is 14.2. The van der Waals surface area contributed by atoms with E-state index in [1.165, 1.54) is 11.0 Å². The van der Waals surface area contributed by atoms with Gasteiger partial charge in [0.25, 0.3) is 0 Å². The van der Waals surface area contributed by atoms with Crippen molar-refractivity contribution in [1.29, 1.82) is 0 Å². The van der Waals surface area contributed by atoms with Crippen LogP contribution in [-0.2, 0) is 11.2 Å². The largest absolute Gasteiger partial charge is 0.481 e. The number of aliphatic carboxylic acids is 1. The molecule has 9 heteroatoms. The van der Waals surface area contributed by atoms with Crippen LogP contribution >= 0.6 is 34.2 Å². The molecule has 1 amide bonds. The fraction of sp³-hybridized carbons (Fsp3) is 0.500. The van der Waals surface area contributed by atoms with Crippen molar-refractivity contribution < 1.29 is 24.2 Å². The predicted octanol–water partition coefficient (Wildman–Crippen LogP) is 3.25. The Kier molecular flexibility index (Phi) is 5.34. The maximum Gasteiger partial charge on any atom is 0.407 e. The SMILES string of the molecule is CC1CC(Cc2nc(Cl)cc(I)c2F)(C(=O)O)CCN1C(=O)O. The molecule has 0 spiro atoms. The van der Waals surface area contributed by atoms with Crippen molar-refractivity contribution in [3.63, 3.8) is 0 Å². The number of amides is 1. The predicted molar refractivity (Wildman–Crippen MR) is 89.1 cm³/mol. The smallest absolute Gasteiger partial charge is 0.407 e. The minimum atomic E-state index is -1.26. The lowest BCUT2D eigenvalue weighted by Gasteiger charge is -2.41. The van der Waals surface area contributed by atoms with E-state index in [2.05, 4.69) is 4.98 Å².